The Labute approximate surface area is 155 Å². The number of sulfonamides is 1. The van der Waals surface area contributed by atoms with E-state index in [4.69, 9.17) is 10.5 Å². The van der Waals surface area contributed by atoms with Crippen molar-refractivity contribution in [1.29, 1.82) is 0 Å². The van der Waals surface area contributed by atoms with Crippen LogP contribution in [0.25, 0.3) is 0 Å². The van der Waals surface area contributed by atoms with Gasteiger partial charge in [0.2, 0.25) is 15.9 Å². The van der Waals surface area contributed by atoms with Crippen LogP contribution >= 0.6 is 12.4 Å². The van der Waals surface area contributed by atoms with E-state index in [0.717, 1.165) is 0 Å². The highest BCUT2D eigenvalue weighted by Gasteiger charge is 2.33. The van der Waals surface area contributed by atoms with Crippen molar-refractivity contribution in [3.63, 3.8) is 0 Å². The molecule has 3 N–H and O–H groups in total. The van der Waals surface area contributed by atoms with Gasteiger partial charge in [0.15, 0.2) is 0 Å². The second-order valence-electron chi connectivity index (χ2n) is 5.91. The standard InChI is InChI=1S/C16H25N3O4S.ClH/c1-12-10-14(23-2)5-6-15(12)24(21,22)19-9-3-4-13(11-19)16(20)18-8-7-17;/h5-6,10,13H,3-4,7-9,11,17H2,1-2H3,(H,18,20);1H. The van der Waals surface area contributed by atoms with Crippen LogP contribution in [0.3, 0.4) is 0 Å². The molecule has 0 aromatic heterocycles. The van der Waals surface area contributed by atoms with E-state index in [9.17, 15) is 13.2 Å². The van der Waals surface area contributed by atoms with Gasteiger partial charge in [-0.2, -0.15) is 4.31 Å². The Morgan fingerprint density at radius 2 is 2.16 bits per heavy atom. The maximum atomic E-state index is 12.9. The summed E-state index contributed by atoms with van der Waals surface area (Å²) in [6, 6.07) is 4.89. The first-order valence-corrected chi connectivity index (χ1v) is 9.46. The molecule has 0 bridgehead atoms. The Hall–Kier alpha value is -1.35. The molecule has 1 fully saturated rings. The molecule has 25 heavy (non-hydrogen) atoms. The molecule has 1 heterocycles. The van der Waals surface area contributed by atoms with Gasteiger partial charge in [0.25, 0.3) is 0 Å². The lowest BCUT2D eigenvalue weighted by Crippen LogP contribution is -2.46. The molecule has 1 aliphatic rings. The first kappa shape index (κ1) is 21.7. The van der Waals surface area contributed by atoms with Crippen molar-refractivity contribution in [3.8, 4) is 5.75 Å². The van der Waals surface area contributed by atoms with E-state index in [2.05, 4.69) is 5.32 Å². The molecule has 9 heteroatoms. The summed E-state index contributed by atoms with van der Waals surface area (Å²) < 4.78 is 32.4. The quantitative estimate of drug-likeness (QED) is 0.750. The van der Waals surface area contributed by atoms with Crippen LogP contribution in [0.5, 0.6) is 5.75 Å². The minimum absolute atomic E-state index is 0. The first-order chi connectivity index (χ1) is 11.4. The number of nitrogens with one attached hydrogen (secondary N) is 1. The van der Waals surface area contributed by atoms with Crippen molar-refractivity contribution in [2.24, 2.45) is 11.7 Å². The molecule has 1 aliphatic heterocycles. The summed E-state index contributed by atoms with van der Waals surface area (Å²) in [5, 5.41) is 2.74. The van der Waals surface area contributed by atoms with Gasteiger partial charge in [0.1, 0.15) is 5.75 Å². The molecular weight excluding hydrogens is 366 g/mol. The number of ether oxygens (including phenoxy) is 1. The van der Waals surface area contributed by atoms with Gasteiger partial charge in [-0.05, 0) is 43.5 Å². The summed E-state index contributed by atoms with van der Waals surface area (Å²) >= 11 is 0. The Balaban J connectivity index is 0.00000312. The SMILES string of the molecule is COc1ccc(S(=O)(=O)N2CCCC(C(=O)NCCN)C2)c(C)c1.Cl. The van der Waals surface area contributed by atoms with Crippen molar-refractivity contribution in [3.05, 3.63) is 23.8 Å². The zero-order valence-corrected chi connectivity index (χ0v) is 16.2. The molecule has 0 aliphatic carbocycles. The molecule has 1 aromatic carbocycles. The number of amides is 1. The first-order valence-electron chi connectivity index (χ1n) is 8.02. The van der Waals surface area contributed by atoms with Gasteiger partial charge < -0.3 is 15.8 Å². The number of carbonyl (C=O) groups excluding carboxylic acids is 1. The molecule has 7 nitrogen and oxygen atoms in total. The topological polar surface area (TPSA) is 102 Å². The average Bonchev–Trinajstić information content (AvgIpc) is 2.59. The molecule has 1 saturated heterocycles. The number of rotatable bonds is 6. The van der Waals surface area contributed by atoms with E-state index >= 15 is 0 Å². The fourth-order valence-corrected chi connectivity index (χ4v) is 4.62. The minimum Gasteiger partial charge on any atom is -0.497 e. The highest BCUT2D eigenvalue weighted by Crippen LogP contribution is 2.27. The molecule has 1 amide bonds. The second-order valence-corrected chi connectivity index (χ2v) is 7.82. The van der Waals surface area contributed by atoms with Crippen LogP contribution in [0.4, 0.5) is 0 Å². The summed E-state index contributed by atoms with van der Waals surface area (Å²) in [5.41, 5.74) is 6.02. The van der Waals surface area contributed by atoms with Gasteiger partial charge in [0.05, 0.1) is 17.9 Å². The number of halogens is 1. The van der Waals surface area contributed by atoms with Gasteiger partial charge in [-0.1, -0.05) is 0 Å². The monoisotopic (exact) mass is 391 g/mol. The number of methoxy groups -OCH3 is 1. The van der Waals surface area contributed by atoms with Crippen LogP contribution in [0.1, 0.15) is 18.4 Å². The Kier molecular flexibility index (Phi) is 8.14. The third-order valence-electron chi connectivity index (χ3n) is 4.20. The molecule has 0 spiro atoms. The Morgan fingerprint density at radius 3 is 2.76 bits per heavy atom. The summed E-state index contributed by atoms with van der Waals surface area (Å²) in [4.78, 5) is 12.4. The van der Waals surface area contributed by atoms with E-state index in [1.54, 1.807) is 25.1 Å². The second kappa shape index (κ2) is 9.38. The minimum atomic E-state index is -3.63. The summed E-state index contributed by atoms with van der Waals surface area (Å²) in [6.45, 7) is 3.13. The van der Waals surface area contributed by atoms with Gasteiger partial charge in [-0.25, -0.2) is 8.42 Å². The van der Waals surface area contributed by atoms with Crippen molar-refractivity contribution >= 4 is 28.3 Å². The Morgan fingerprint density at radius 1 is 1.44 bits per heavy atom. The summed E-state index contributed by atoms with van der Waals surface area (Å²) in [6.07, 6.45) is 1.35. The van der Waals surface area contributed by atoms with E-state index in [1.807, 2.05) is 0 Å². The van der Waals surface area contributed by atoms with Crippen molar-refractivity contribution in [1.82, 2.24) is 9.62 Å². The normalized spacial score (nSPS) is 18.3. The Bertz CT molecular complexity index is 697. The van der Waals surface area contributed by atoms with Gasteiger partial charge in [-0.3, -0.25) is 4.79 Å². The number of hydrogen-bond acceptors (Lipinski definition) is 5. The van der Waals surface area contributed by atoms with Crippen LogP contribution in [0.2, 0.25) is 0 Å². The molecule has 1 unspecified atom stereocenters. The van der Waals surface area contributed by atoms with Crippen molar-refractivity contribution in [2.45, 2.75) is 24.7 Å². The van der Waals surface area contributed by atoms with E-state index in [0.29, 0.717) is 43.8 Å². The summed E-state index contributed by atoms with van der Waals surface area (Å²) in [5.74, 6) is 0.148. The molecule has 1 atom stereocenters. The molecule has 142 valence electrons. The molecule has 1 aromatic rings. The maximum Gasteiger partial charge on any atom is 0.243 e. The molecule has 0 saturated carbocycles. The van der Waals surface area contributed by atoms with E-state index in [-0.39, 0.29) is 35.7 Å². The van der Waals surface area contributed by atoms with Crippen molar-refractivity contribution < 1.29 is 17.9 Å². The highest BCUT2D eigenvalue weighted by atomic mass is 35.5. The number of aryl methyl sites for hydroxylation is 1. The smallest absolute Gasteiger partial charge is 0.243 e. The predicted molar refractivity (Wildman–Crippen MR) is 98.5 cm³/mol. The number of nitrogens with two attached hydrogens (primary N) is 1. The maximum absolute atomic E-state index is 12.9. The van der Waals surface area contributed by atoms with Crippen molar-refractivity contribution in [2.75, 3.05) is 33.3 Å². The molecule has 0 radical (unpaired) electrons. The number of hydrogen-bond donors (Lipinski definition) is 2. The largest absolute Gasteiger partial charge is 0.497 e. The highest BCUT2D eigenvalue weighted by molar-refractivity contribution is 7.89. The third-order valence-corrected chi connectivity index (χ3v) is 6.22. The fourth-order valence-electron chi connectivity index (χ4n) is 2.89. The third kappa shape index (κ3) is 5.07. The van der Waals surface area contributed by atoms with E-state index in [1.165, 1.54) is 11.4 Å². The number of piperidine rings is 1. The molecule has 2 rings (SSSR count). The van der Waals surface area contributed by atoms with Gasteiger partial charge in [-0.15, -0.1) is 12.4 Å². The van der Waals surface area contributed by atoms with Gasteiger partial charge >= 0.3 is 0 Å². The fraction of sp³-hybridized carbons (Fsp3) is 0.562. The van der Waals surface area contributed by atoms with Crippen LogP contribution in [0.15, 0.2) is 23.1 Å². The number of carbonyl (C=O) groups is 1. The number of benzene rings is 1. The summed E-state index contributed by atoms with van der Waals surface area (Å²) in [7, 11) is -2.09. The van der Waals surface area contributed by atoms with Gasteiger partial charge in [0, 0.05) is 26.2 Å². The lowest BCUT2D eigenvalue weighted by molar-refractivity contribution is -0.126. The molecular formula is C16H26ClN3O4S. The van der Waals surface area contributed by atoms with Crippen LogP contribution in [-0.4, -0.2) is 51.9 Å². The van der Waals surface area contributed by atoms with Crippen LogP contribution < -0.4 is 15.8 Å². The lowest BCUT2D eigenvalue weighted by Gasteiger charge is -2.31. The lowest BCUT2D eigenvalue weighted by atomic mass is 9.99. The number of nitrogens with zero attached hydrogens (tertiary/aromatic N) is 1. The zero-order chi connectivity index (χ0) is 17.7. The van der Waals surface area contributed by atoms with Crippen LogP contribution in [-0.2, 0) is 14.8 Å². The van der Waals surface area contributed by atoms with E-state index < -0.39 is 10.0 Å². The predicted octanol–water partition coefficient (Wildman–Crippen LogP) is 0.901. The zero-order valence-electron chi connectivity index (χ0n) is 14.5. The van der Waals surface area contributed by atoms with Crippen LogP contribution in [0, 0.1) is 12.8 Å². The average molecular weight is 392 g/mol.